The fraction of sp³-hybridized carbons (Fsp3) is 0.533. The van der Waals surface area contributed by atoms with Crippen molar-refractivity contribution in [2.75, 3.05) is 6.16 Å². The van der Waals surface area contributed by atoms with Crippen molar-refractivity contribution in [3.05, 3.63) is 35.9 Å². The van der Waals surface area contributed by atoms with E-state index in [0.29, 0.717) is 6.42 Å². The first-order valence-electron chi connectivity index (χ1n) is 7.06. The molecule has 0 aromatic heterocycles. The van der Waals surface area contributed by atoms with Crippen molar-refractivity contribution in [2.24, 2.45) is 17.6 Å². The van der Waals surface area contributed by atoms with Gasteiger partial charge in [-0.25, -0.2) is 0 Å². The Hall–Kier alpha value is -1.16. The predicted molar refractivity (Wildman–Crippen MR) is 83.4 cm³/mol. The molecule has 0 bridgehead atoms. The molecule has 1 aromatic rings. The lowest BCUT2D eigenvalue weighted by Gasteiger charge is -2.23. The summed E-state index contributed by atoms with van der Waals surface area (Å²) in [6.45, 7) is 3.83. The summed E-state index contributed by atoms with van der Waals surface area (Å²) in [5, 5.41) is 9.29. The van der Waals surface area contributed by atoms with Crippen LogP contribution in [0.1, 0.15) is 25.8 Å². The molecule has 6 heteroatoms. The molecule has 0 saturated carbocycles. The molecule has 0 aliphatic rings. The number of aliphatic carboxylic acids is 1. The maximum Gasteiger partial charge on any atom is 0.307 e. The van der Waals surface area contributed by atoms with Crippen molar-refractivity contribution in [2.45, 2.75) is 32.5 Å². The quantitative estimate of drug-likeness (QED) is 0.640. The molecule has 4 N–H and O–H groups in total. The second-order valence-electron chi connectivity index (χ2n) is 5.86. The Bertz CT molecular complexity index is 504. The van der Waals surface area contributed by atoms with Crippen LogP contribution >= 0.6 is 7.37 Å². The van der Waals surface area contributed by atoms with Gasteiger partial charge in [-0.1, -0.05) is 44.2 Å². The van der Waals surface area contributed by atoms with Crippen LogP contribution in [0.2, 0.25) is 0 Å². The van der Waals surface area contributed by atoms with E-state index < -0.39 is 25.0 Å². The van der Waals surface area contributed by atoms with E-state index in [1.807, 2.05) is 44.2 Å². The molecule has 21 heavy (non-hydrogen) atoms. The number of carboxylic acids is 1. The van der Waals surface area contributed by atoms with E-state index in [1.54, 1.807) is 0 Å². The second kappa shape index (κ2) is 7.74. The molecule has 0 heterocycles. The molecule has 0 spiro atoms. The summed E-state index contributed by atoms with van der Waals surface area (Å²) in [7, 11) is -3.69. The Morgan fingerprint density at radius 2 is 1.86 bits per heavy atom. The van der Waals surface area contributed by atoms with Gasteiger partial charge in [-0.15, -0.1) is 0 Å². The highest BCUT2D eigenvalue weighted by Gasteiger charge is 2.34. The summed E-state index contributed by atoms with van der Waals surface area (Å²) >= 11 is 0. The minimum Gasteiger partial charge on any atom is -0.481 e. The van der Waals surface area contributed by atoms with Gasteiger partial charge in [0, 0.05) is 6.16 Å². The van der Waals surface area contributed by atoms with Gasteiger partial charge in [-0.05, 0) is 24.3 Å². The van der Waals surface area contributed by atoms with Gasteiger partial charge in [-0.2, -0.15) is 0 Å². The fourth-order valence-electron chi connectivity index (χ4n) is 2.23. The van der Waals surface area contributed by atoms with Crippen molar-refractivity contribution in [1.29, 1.82) is 0 Å². The maximum absolute atomic E-state index is 12.3. The van der Waals surface area contributed by atoms with Crippen LogP contribution in [0.5, 0.6) is 0 Å². The molecule has 5 nitrogen and oxygen atoms in total. The Morgan fingerprint density at radius 3 is 2.33 bits per heavy atom. The van der Waals surface area contributed by atoms with E-state index in [9.17, 15) is 19.4 Å². The lowest BCUT2D eigenvalue weighted by molar-refractivity contribution is -0.141. The number of carboxylic acid groups (broad SMARTS) is 1. The maximum atomic E-state index is 12.3. The van der Waals surface area contributed by atoms with Crippen LogP contribution in [0.4, 0.5) is 0 Å². The monoisotopic (exact) mass is 313 g/mol. The van der Waals surface area contributed by atoms with Crippen LogP contribution in [0, 0.1) is 11.8 Å². The Labute approximate surface area is 125 Å². The number of hydrogen-bond acceptors (Lipinski definition) is 3. The lowest BCUT2D eigenvalue weighted by Crippen LogP contribution is -2.28. The van der Waals surface area contributed by atoms with Gasteiger partial charge in [-0.3, -0.25) is 9.36 Å². The molecular formula is C15H24NO4P. The number of rotatable bonds is 8. The molecule has 1 aromatic carbocycles. The zero-order chi connectivity index (χ0) is 16.0. The summed E-state index contributed by atoms with van der Waals surface area (Å²) < 4.78 is 12.3. The number of benzene rings is 1. The molecule has 1 rings (SSSR count). The topological polar surface area (TPSA) is 101 Å². The van der Waals surface area contributed by atoms with E-state index in [4.69, 9.17) is 5.73 Å². The van der Waals surface area contributed by atoms with Crippen LogP contribution in [0.25, 0.3) is 0 Å². The van der Waals surface area contributed by atoms with E-state index >= 15 is 0 Å². The lowest BCUT2D eigenvalue weighted by atomic mass is 10.0. The molecule has 0 aliphatic carbocycles. The molecule has 0 aliphatic heterocycles. The third-order valence-corrected chi connectivity index (χ3v) is 5.60. The SMILES string of the molecule is CC(C)C[C@@H](N)P(=O)(O)C[C@@H](Cc1ccccc1)C(=O)O. The fourth-order valence-corrected chi connectivity index (χ4v) is 4.17. The normalized spacial score (nSPS) is 17.2. The van der Waals surface area contributed by atoms with E-state index in [1.165, 1.54) is 0 Å². The highest BCUT2D eigenvalue weighted by Crippen LogP contribution is 2.48. The first kappa shape index (κ1) is 17.9. The third-order valence-electron chi connectivity index (χ3n) is 3.39. The highest BCUT2D eigenvalue weighted by atomic mass is 31.2. The smallest absolute Gasteiger partial charge is 0.307 e. The van der Waals surface area contributed by atoms with Gasteiger partial charge >= 0.3 is 5.97 Å². The number of hydrogen-bond donors (Lipinski definition) is 3. The first-order valence-corrected chi connectivity index (χ1v) is 8.97. The van der Waals surface area contributed by atoms with E-state index in [2.05, 4.69) is 0 Å². The van der Waals surface area contributed by atoms with Gasteiger partial charge in [0.2, 0.25) is 7.37 Å². The molecule has 1 unspecified atom stereocenters. The van der Waals surface area contributed by atoms with Crippen LogP contribution in [-0.2, 0) is 15.8 Å². The number of carbonyl (C=O) groups is 1. The van der Waals surface area contributed by atoms with Gasteiger partial charge in [0.25, 0.3) is 0 Å². The second-order valence-corrected chi connectivity index (χ2v) is 8.40. The molecule has 0 radical (unpaired) electrons. The molecule has 3 atom stereocenters. The molecule has 0 amide bonds. The van der Waals surface area contributed by atoms with Crippen LogP contribution in [0.15, 0.2) is 30.3 Å². The van der Waals surface area contributed by atoms with Gasteiger partial charge in [0.1, 0.15) is 0 Å². The summed E-state index contributed by atoms with van der Waals surface area (Å²) in [5.74, 6) is -2.64. The zero-order valence-electron chi connectivity index (χ0n) is 12.5. The average Bonchev–Trinajstić information content (AvgIpc) is 2.38. The number of nitrogens with two attached hydrogens (primary N) is 1. The molecular weight excluding hydrogens is 289 g/mol. The minimum absolute atomic E-state index is 0.192. The Morgan fingerprint density at radius 1 is 1.29 bits per heavy atom. The molecule has 0 fully saturated rings. The first-order chi connectivity index (χ1) is 9.72. The summed E-state index contributed by atoms with van der Waals surface area (Å²) in [4.78, 5) is 21.4. The van der Waals surface area contributed by atoms with E-state index in [0.717, 1.165) is 5.56 Å². The molecule has 118 valence electrons. The highest BCUT2D eigenvalue weighted by molar-refractivity contribution is 7.58. The molecule has 0 saturated heterocycles. The van der Waals surface area contributed by atoms with Crippen molar-refractivity contribution < 1.29 is 19.4 Å². The van der Waals surface area contributed by atoms with Gasteiger partial charge < -0.3 is 15.7 Å². The van der Waals surface area contributed by atoms with Crippen molar-refractivity contribution in [1.82, 2.24) is 0 Å². The van der Waals surface area contributed by atoms with Gasteiger partial charge in [0.15, 0.2) is 0 Å². The standard InChI is InChI=1S/C15H24NO4P/c1-11(2)8-14(16)21(19,20)10-13(15(17)18)9-12-6-4-3-5-7-12/h3-7,11,13-14H,8-10,16H2,1-2H3,(H,17,18)(H,19,20)/t13-,14+/m1/s1. The average molecular weight is 313 g/mol. The summed E-state index contributed by atoms with van der Waals surface area (Å²) in [6.07, 6.45) is 0.353. The van der Waals surface area contributed by atoms with Crippen LogP contribution in [-0.4, -0.2) is 27.9 Å². The minimum atomic E-state index is -3.69. The summed E-state index contributed by atoms with van der Waals surface area (Å²) in [6, 6.07) is 9.10. The summed E-state index contributed by atoms with van der Waals surface area (Å²) in [5.41, 5.74) is 6.62. The van der Waals surface area contributed by atoms with Crippen molar-refractivity contribution >= 4 is 13.3 Å². The van der Waals surface area contributed by atoms with Crippen molar-refractivity contribution in [3.8, 4) is 0 Å². The van der Waals surface area contributed by atoms with Crippen LogP contribution < -0.4 is 5.73 Å². The predicted octanol–water partition coefficient (Wildman–Crippen LogP) is 2.53. The van der Waals surface area contributed by atoms with Crippen molar-refractivity contribution in [3.63, 3.8) is 0 Å². The zero-order valence-corrected chi connectivity index (χ0v) is 13.4. The Kier molecular flexibility index (Phi) is 6.59. The van der Waals surface area contributed by atoms with Crippen LogP contribution in [0.3, 0.4) is 0 Å². The van der Waals surface area contributed by atoms with E-state index in [-0.39, 0.29) is 18.5 Å². The third kappa shape index (κ3) is 6.00. The van der Waals surface area contributed by atoms with Gasteiger partial charge in [0.05, 0.1) is 11.7 Å². The largest absolute Gasteiger partial charge is 0.481 e. The Balaban J connectivity index is 2.78.